The molecular formula is C14H18ClNO5S. The molecule has 1 fully saturated rings. The Morgan fingerprint density at radius 2 is 2.18 bits per heavy atom. The van der Waals surface area contributed by atoms with Crippen LogP contribution in [0.4, 0.5) is 0 Å². The number of likely N-dealkylation sites (tertiary alicyclic amines) is 1. The van der Waals surface area contributed by atoms with Crippen LogP contribution in [0.2, 0.25) is 5.02 Å². The van der Waals surface area contributed by atoms with Gasteiger partial charge in [0.15, 0.2) is 9.84 Å². The number of phenols is 1. The van der Waals surface area contributed by atoms with Crippen LogP contribution in [0.5, 0.6) is 5.75 Å². The Kier molecular flexibility index (Phi) is 4.99. The number of ether oxygens (including phenoxy) is 1. The lowest BCUT2D eigenvalue weighted by Crippen LogP contribution is -2.26. The van der Waals surface area contributed by atoms with Gasteiger partial charge in [-0.1, -0.05) is 11.6 Å². The van der Waals surface area contributed by atoms with E-state index in [2.05, 4.69) is 4.74 Å². The molecule has 1 saturated heterocycles. The van der Waals surface area contributed by atoms with Crippen molar-refractivity contribution in [3.8, 4) is 5.75 Å². The van der Waals surface area contributed by atoms with Gasteiger partial charge in [-0.15, -0.1) is 0 Å². The summed E-state index contributed by atoms with van der Waals surface area (Å²) in [6.07, 6.45) is 1.82. The molecule has 1 aliphatic rings. The number of hydrogen-bond donors (Lipinski definition) is 1. The largest absolute Gasteiger partial charge is 0.507 e. The number of phenolic OH excluding ortho intramolecular Hbond substituents is 1. The zero-order valence-corrected chi connectivity index (χ0v) is 13.9. The van der Waals surface area contributed by atoms with Crippen molar-refractivity contribution in [1.29, 1.82) is 0 Å². The van der Waals surface area contributed by atoms with Gasteiger partial charge < -0.3 is 9.84 Å². The lowest BCUT2D eigenvalue weighted by Gasteiger charge is -2.17. The van der Waals surface area contributed by atoms with Gasteiger partial charge in [-0.25, -0.2) is 13.2 Å². The highest BCUT2D eigenvalue weighted by atomic mass is 35.5. The second kappa shape index (κ2) is 6.44. The summed E-state index contributed by atoms with van der Waals surface area (Å²) in [5, 5.41) is 9.70. The molecule has 22 heavy (non-hydrogen) atoms. The van der Waals surface area contributed by atoms with E-state index in [0.717, 1.165) is 0 Å². The van der Waals surface area contributed by atoms with Crippen LogP contribution in [-0.4, -0.2) is 56.1 Å². The molecule has 0 saturated carbocycles. The van der Waals surface area contributed by atoms with Gasteiger partial charge in [-0.2, -0.15) is 0 Å². The van der Waals surface area contributed by atoms with Crippen molar-refractivity contribution in [2.45, 2.75) is 18.2 Å². The molecule has 1 N–H and O–H groups in total. The fourth-order valence-electron chi connectivity index (χ4n) is 2.53. The highest BCUT2D eigenvalue weighted by molar-refractivity contribution is 7.91. The van der Waals surface area contributed by atoms with Gasteiger partial charge in [0.1, 0.15) is 11.3 Å². The molecule has 8 heteroatoms. The Labute approximate surface area is 134 Å². The van der Waals surface area contributed by atoms with Gasteiger partial charge >= 0.3 is 5.97 Å². The first-order valence-electron chi connectivity index (χ1n) is 6.73. The minimum atomic E-state index is -3.06. The minimum absolute atomic E-state index is 0.0424. The fourth-order valence-corrected chi connectivity index (χ4v) is 3.77. The molecule has 0 radical (unpaired) electrons. The number of carbonyl (C=O) groups excluding carboxylic acids is 1. The fraction of sp³-hybridized carbons (Fsp3) is 0.500. The lowest BCUT2D eigenvalue weighted by atomic mass is 10.1. The molecule has 0 aromatic heterocycles. The van der Waals surface area contributed by atoms with Gasteiger partial charge in [-0.05, 0) is 30.7 Å². The quantitative estimate of drug-likeness (QED) is 0.830. The second-order valence-electron chi connectivity index (χ2n) is 5.43. The molecule has 0 bridgehead atoms. The topological polar surface area (TPSA) is 83.9 Å². The molecule has 2 rings (SSSR count). The molecule has 6 nitrogen and oxygen atoms in total. The molecule has 0 amide bonds. The van der Waals surface area contributed by atoms with Crippen LogP contribution in [0, 0.1) is 0 Å². The summed E-state index contributed by atoms with van der Waals surface area (Å²) in [7, 11) is -1.83. The zero-order chi connectivity index (χ0) is 16.5. The van der Waals surface area contributed by atoms with Gasteiger partial charge in [-0.3, -0.25) is 4.90 Å². The van der Waals surface area contributed by atoms with Crippen LogP contribution in [-0.2, 0) is 21.1 Å². The number of methoxy groups -OCH3 is 1. The monoisotopic (exact) mass is 347 g/mol. The van der Waals surface area contributed by atoms with Crippen molar-refractivity contribution in [2.75, 3.05) is 26.5 Å². The maximum atomic E-state index is 11.6. The van der Waals surface area contributed by atoms with E-state index in [1.807, 2.05) is 4.90 Å². The van der Waals surface area contributed by atoms with E-state index in [9.17, 15) is 18.3 Å². The SMILES string of the molecule is COC(=O)c1cc(CN2CCC(S(C)(=O)=O)C2)c(Cl)cc1O. The highest BCUT2D eigenvalue weighted by Gasteiger charge is 2.30. The highest BCUT2D eigenvalue weighted by Crippen LogP contribution is 2.29. The molecule has 0 spiro atoms. The number of rotatable bonds is 4. The summed E-state index contributed by atoms with van der Waals surface area (Å²) in [6, 6.07) is 2.78. The molecule has 1 heterocycles. The number of esters is 1. The number of carbonyl (C=O) groups is 1. The number of hydrogen-bond acceptors (Lipinski definition) is 6. The molecule has 1 aliphatic heterocycles. The van der Waals surface area contributed by atoms with Crippen molar-refractivity contribution >= 4 is 27.4 Å². The Balaban J connectivity index is 2.19. The molecule has 122 valence electrons. The van der Waals surface area contributed by atoms with Crippen molar-refractivity contribution < 1.29 is 23.1 Å². The first-order valence-corrected chi connectivity index (χ1v) is 9.06. The van der Waals surface area contributed by atoms with Crippen LogP contribution < -0.4 is 0 Å². The Morgan fingerprint density at radius 1 is 1.50 bits per heavy atom. The Hall–Kier alpha value is -1.31. The number of aromatic hydroxyl groups is 1. The third kappa shape index (κ3) is 3.71. The van der Waals surface area contributed by atoms with E-state index < -0.39 is 15.8 Å². The number of nitrogens with zero attached hydrogens (tertiary/aromatic N) is 1. The average Bonchev–Trinajstić information content (AvgIpc) is 2.89. The van der Waals surface area contributed by atoms with Crippen LogP contribution in [0.25, 0.3) is 0 Å². The Bertz CT molecular complexity index is 689. The predicted octanol–water partition coefficient (Wildman–Crippen LogP) is 1.45. The molecule has 1 aromatic rings. The number of sulfone groups is 1. The zero-order valence-electron chi connectivity index (χ0n) is 12.4. The van der Waals surface area contributed by atoms with Gasteiger partial charge in [0.05, 0.1) is 12.4 Å². The summed E-state index contributed by atoms with van der Waals surface area (Å²) in [5.41, 5.74) is 0.690. The van der Waals surface area contributed by atoms with Crippen molar-refractivity contribution in [3.05, 3.63) is 28.3 Å². The van der Waals surface area contributed by atoms with Crippen molar-refractivity contribution in [3.63, 3.8) is 0 Å². The lowest BCUT2D eigenvalue weighted by molar-refractivity contribution is 0.0597. The van der Waals surface area contributed by atoms with Crippen LogP contribution in [0.15, 0.2) is 12.1 Å². The van der Waals surface area contributed by atoms with Crippen molar-refractivity contribution in [2.24, 2.45) is 0 Å². The number of halogens is 1. The maximum absolute atomic E-state index is 11.6. The summed E-state index contributed by atoms with van der Waals surface area (Å²) in [4.78, 5) is 13.6. The molecule has 1 aromatic carbocycles. The van der Waals surface area contributed by atoms with E-state index in [1.165, 1.54) is 25.5 Å². The van der Waals surface area contributed by atoms with Gasteiger partial charge in [0, 0.05) is 24.4 Å². The predicted molar refractivity (Wildman–Crippen MR) is 83.0 cm³/mol. The third-order valence-corrected chi connectivity index (χ3v) is 5.75. The standard InChI is InChI=1S/C14H18ClNO5S/c1-21-14(18)11-5-9(12(15)6-13(11)17)7-16-4-3-10(8-16)22(2,19)20/h5-6,10,17H,3-4,7-8H2,1-2H3. The molecular weight excluding hydrogens is 330 g/mol. The minimum Gasteiger partial charge on any atom is -0.507 e. The molecule has 1 unspecified atom stereocenters. The van der Waals surface area contributed by atoms with Crippen molar-refractivity contribution in [1.82, 2.24) is 4.90 Å². The van der Waals surface area contributed by atoms with E-state index >= 15 is 0 Å². The van der Waals surface area contributed by atoms with E-state index in [-0.39, 0.29) is 16.6 Å². The van der Waals surface area contributed by atoms with Crippen LogP contribution in [0.3, 0.4) is 0 Å². The van der Waals surface area contributed by atoms with Crippen LogP contribution >= 0.6 is 11.6 Å². The maximum Gasteiger partial charge on any atom is 0.341 e. The smallest absolute Gasteiger partial charge is 0.341 e. The van der Waals surface area contributed by atoms with E-state index in [4.69, 9.17) is 11.6 Å². The third-order valence-electron chi connectivity index (χ3n) is 3.80. The molecule has 0 aliphatic carbocycles. The second-order valence-corrected chi connectivity index (χ2v) is 8.16. The van der Waals surface area contributed by atoms with Gasteiger partial charge in [0.25, 0.3) is 0 Å². The summed E-state index contributed by atoms with van der Waals surface area (Å²) >= 11 is 6.10. The first kappa shape index (κ1) is 17.1. The Morgan fingerprint density at radius 3 is 2.73 bits per heavy atom. The summed E-state index contributed by atoms with van der Waals surface area (Å²) in [5.74, 6) is -0.887. The van der Waals surface area contributed by atoms with Gasteiger partial charge in [0.2, 0.25) is 0 Å². The van der Waals surface area contributed by atoms with E-state index in [1.54, 1.807) is 0 Å². The van der Waals surface area contributed by atoms with E-state index in [0.29, 0.717) is 36.6 Å². The molecule has 1 atom stereocenters. The summed E-state index contributed by atoms with van der Waals surface area (Å²) in [6.45, 7) is 1.49. The number of benzene rings is 1. The summed E-state index contributed by atoms with van der Waals surface area (Å²) < 4.78 is 27.8. The van der Waals surface area contributed by atoms with Crippen LogP contribution in [0.1, 0.15) is 22.3 Å². The average molecular weight is 348 g/mol. The first-order chi connectivity index (χ1) is 10.2. The normalized spacial score (nSPS) is 19.3.